The van der Waals surface area contributed by atoms with Crippen molar-refractivity contribution in [2.75, 3.05) is 32.7 Å². The Hall–Kier alpha value is -2.42. The summed E-state index contributed by atoms with van der Waals surface area (Å²) in [5.41, 5.74) is -0.715. The number of aromatic nitrogens is 3. The quantitative estimate of drug-likeness (QED) is 0.817. The summed E-state index contributed by atoms with van der Waals surface area (Å²) in [5.74, 6) is 0.503. The summed E-state index contributed by atoms with van der Waals surface area (Å²) < 4.78 is 40.6. The molecule has 1 aliphatic heterocycles. The molecule has 0 unspecified atom stereocenters. The summed E-state index contributed by atoms with van der Waals surface area (Å²) in [6.07, 6.45) is -1.98. The van der Waals surface area contributed by atoms with E-state index in [0.717, 1.165) is 44.0 Å². The van der Waals surface area contributed by atoms with Crippen molar-refractivity contribution < 1.29 is 18.0 Å². The molecule has 1 amide bonds. The summed E-state index contributed by atoms with van der Waals surface area (Å²) in [7, 11) is 0. The zero-order valence-corrected chi connectivity index (χ0v) is 15.1. The van der Waals surface area contributed by atoms with Gasteiger partial charge in [0.05, 0.1) is 5.56 Å². The predicted molar refractivity (Wildman–Crippen MR) is 93.2 cm³/mol. The molecule has 3 rings (SSSR count). The minimum atomic E-state index is -4.45. The van der Waals surface area contributed by atoms with Gasteiger partial charge in [0.25, 0.3) is 5.91 Å². The number of hydrogen-bond donors (Lipinski definition) is 0. The van der Waals surface area contributed by atoms with Crippen LogP contribution in [0.3, 0.4) is 0 Å². The van der Waals surface area contributed by atoms with E-state index in [9.17, 15) is 18.0 Å². The number of aryl methyl sites for hydroxylation is 1. The van der Waals surface area contributed by atoms with Crippen molar-refractivity contribution in [3.05, 3.63) is 47.5 Å². The van der Waals surface area contributed by atoms with Crippen LogP contribution in [-0.2, 0) is 12.7 Å². The van der Waals surface area contributed by atoms with Crippen molar-refractivity contribution in [3.8, 4) is 0 Å². The molecule has 1 saturated heterocycles. The zero-order chi connectivity index (χ0) is 19.4. The fourth-order valence-corrected chi connectivity index (χ4v) is 3.19. The molecule has 146 valence electrons. The lowest BCUT2D eigenvalue weighted by molar-refractivity contribution is -0.137. The summed E-state index contributed by atoms with van der Waals surface area (Å²) in [4.78, 5) is 16.5. The van der Waals surface area contributed by atoms with Crippen LogP contribution in [0.15, 0.2) is 30.6 Å². The highest BCUT2D eigenvalue weighted by molar-refractivity contribution is 5.94. The molecule has 0 saturated carbocycles. The van der Waals surface area contributed by atoms with Gasteiger partial charge in [-0.05, 0) is 38.1 Å². The molecule has 0 aliphatic carbocycles. The highest BCUT2D eigenvalue weighted by atomic mass is 19.4. The first-order valence-corrected chi connectivity index (χ1v) is 8.88. The monoisotopic (exact) mass is 381 g/mol. The molecular weight excluding hydrogens is 359 g/mol. The average molecular weight is 381 g/mol. The maximum absolute atomic E-state index is 12.9. The fourth-order valence-electron chi connectivity index (χ4n) is 3.19. The summed E-state index contributed by atoms with van der Waals surface area (Å²) in [6.45, 7) is 6.03. The number of carbonyl (C=O) groups is 1. The molecule has 0 spiro atoms. The van der Waals surface area contributed by atoms with Crippen molar-refractivity contribution >= 4 is 5.91 Å². The predicted octanol–water partition coefficient (Wildman–Crippen LogP) is 2.45. The fraction of sp³-hybridized carbons (Fsp3) is 0.500. The van der Waals surface area contributed by atoms with Crippen molar-refractivity contribution in [1.82, 2.24) is 24.6 Å². The van der Waals surface area contributed by atoms with Gasteiger partial charge in [0.1, 0.15) is 12.2 Å². The van der Waals surface area contributed by atoms with Gasteiger partial charge in [-0.15, -0.1) is 10.2 Å². The lowest BCUT2D eigenvalue weighted by Crippen LogP contribution is -2.36. The van der Waals surface area contributed by atoms with Gasteiger partial charge in [-0.1, -0.05) is 6.07 Å². The second-order valence-corrected chi connectivity index (χ2v) is 6.64. The first-order valence-electron chi connectivity index (χ1n) is 8.88. The van der Waals surface area contributed by atoms with Crippen LogP contribution in [-0.4, -0.2) is 63.2 Å². The largest absolute Gasteiger partial charge is 0.416 e. The Kier molecular flexibility index (Phi) is 5.79. The zero-order valence-electron chi connectivity index (χ0n) is 15.1. The van der Waals surface area contributed by atoms with E-state index in [0.29, 0.717) is 19.6 Å². The topological polar surface area (TPSA) is 54.3 Å². The minimum Gasteiger partial charge on any atom is -0.337 e. The molecular formula is C18H22F3N5O. The van der Waals surface area contributed by atoms with Gasteiger partial charge in [-0.3, -0.25) is 9.69 Å². The minimum absolute atomic E-state index is 0.0818. The van der Waals surface area contributed by atoms with E-state index < -0.39 is 11.7 Å². The highest BCUT2D eigenvalue weighted by Crippen LogP contribution is 2.29. The molecule has 1 aliphatic rings. The van der Waals surface area contributed by atoms with Crippen molar-refractivity contribution in [2.24, 2.45) is 0 Å². The number of amides is 1. The third kappa shape index (κ3) is 4.85. The van der Waals surface area contributed by atoms with Gasteiger partial charge >= 0.3 is 6.18 Å². The van der Waals surface area contributed by atoms with Crippen LogP contribution >= 0.6 is 0 Å². The number of benzene rings is 1. The third-order valence-electron chi connectivity index (χ3n) is 4.78. The Labute approximate surface area is 155 Å². The SMILES string of the molecule is Cc1nncn1CCN1CCCN(C(=O)c2cccc(C(F)(F)F)c2)CC1. The Bertz CT molecular complexity index is 789. The third-order valence-corrected chi connectivity index (χ3v) is 4.78. The second kappa shape index (κ2) is 8.08. The first kappa shape index (κ1) is 19.3. The Morgan fingerprint density at radius 2 is 1.96 bits per heavy atom. The van der Waals surface area contributed by atoms with Gasteiger partial charge < -0.3 is 9.47 Å². The van der Waals surface area contributed by atoms with Gasteiger partial charge in [0, 0.05) is 38.3 Å². The Balaban J connectivity index is 1.59. The molecule has 9 heteroatoms. The summed E-state index contributed by atoms with van der Waals surface area (Å²) in [5, 5.41) is 7.81. The lowest BCUT2D eigenvalue weighted by Gasteiger charge is -2.22. The highest BCUT2D eigenvalue weighted by Gasteiger charge is 2.31. The van der Waals surface area contributed by atoms with Crippen LogP contribution in [0.25, 0.3) is 0 Å². The van der Waals surface area contributed by atoms with Crippen LogP contribution in [0.4, 0.5) is 13.2 Å². The molecule has 0 radical (unpaired) electrons. The van der Waals surface area contributed by atoms with Crippen LogP contribution in [0.1, 0.15) is 28.2 Å². The van der Waals surface area contributed by atoms with E-state index in [4.69, 9.17) is 0 Å². The van der Waals surface area contributed by atoms with Gasteiger partial charge in [-0.2, -0.15) is 13.2 Å². The van der Waals surface area contributed by atoms with Crippen LogP contribution in [0, 0.1) is 6.92 Å². The lowest BCUT2D eigenvalue weighted by atomic mass is 10.1. The Morgan fingerprint density at radius 1 is 1.15 bits per heavy atom. The number of halogens is 3. The van der Waals surface area contributed by atoms with E-state index in [2.05, 4.69) is 15.1 Å². The van der Waals surface area contributed by atoms with E-state index >= 15 is 0 Å². The maximum atomic E-state index is 12.9. The molecule has 1 aromatic heterocycles. The van der Waals surface area contributed by atoms with E-state index in [-0.39, 0.29) is 11.5 Å². The number of hydrogen-bond acceptors (Lipinski definition) is 4. The molecule has 2 aromatic rings. The van der Waals surface area contributed by atoms with Crippen molar-refractivity contribution in [2.45, 2.75) is 26.1 Å². The molecule has 0 bridgehead atoms. The van der Waals surface area contributed by atoms with Crippen LogP contribution in [0.2, 0.25) is 0 Å². The van der Waals surface area contributed by atoms with Crippen molar-refractivity contribution in [1.29, 1.82) is 0 Å². The number of nitrogens with zero attached hydrogens (tertiary/aromatic N) is 5. The number of carbonyl (C=O) groups excluding carboxylic acids is 1. The Morgan fingerprint density at radius 3 is 2.67 bits per heavy atom. The van der Waals surface area contributed by atoms with E-state index in [1.807, 2.05) is 11.5 Å². The summed E-state index contributed by atoms with van der Waals surface area (Å²) >= 11 is 0. The first-order chi connectivity index (χ1) is 12.8. The standard InChI is InChI=1S/C18H22F3N5O/c1-14-23-22-13-26(14)11-9-24-6-3-7-25(10-8-24)17(27)15-4-2-5-16(12-15)18(19,20)21/h2,4-5,12-13H,3,6-11H2,1H3. The normalized spacial score (nSPS) is 16.4. The molecule has 2 heterocycles. The molecule has 0 atom stereocenters. The van der Waals surface area contributed by atoms with E-state index in [1.54, 1.807) is 11.2 Å². The molecule has 1 aromatic carbocycles. The molecule has 1 fully saturated rings. The summed E-state index contributed by atoms with van der Waals surface area (Å²) in [6, 6.07) is 4.63. The van der Waals surface area contributed by atoms with Crippen LogP contribution in [0.5, 0.6) is 0 Å². The smallest absolute Gasteiger partial charge is 0.337 e. The second-order valence-electron chi connectivity index (χ2n) is 6.64. The van der Waals surface area contributed by atoms with Crippen molar-refractivity contribution in [3.63, 3.8) is 0 Å². The van der Waals surface area contributed by atoms with Gasteiger partial charge in [0.15, 0.2) is 0 Å². The molecule has 0 N–H and O–H groups in total. The number of alkyl halides is 3. The molecule has 27 heavy (non-hydrogen) atoms. The van der Waals surface area contributed by atoms with Gasteiger partial charge in [-0.25, -0.2) is 0 Å². The van der Waals surface area contributed by atoms with Crippen LogP contribution < -0.4 is 0 Å². The van der Waals surface area contributed by atoms with E-state index in [1.165, 1.54) is 12.1 Å². The maximum Gasteiger partial charge on any atom is 0.416 e. The average Bonchev–Trinajstić information content (AvgIpc) is 2.90. The van der Waals surface area contributed by atoms with Gasteiger partial charge in [0.2, 0.25) is 0 Å². The molecule has 6 nitrogen and oxygen atoms in total. The number of rotatable bonds is 4.